The molecule has 0 aliphatic rings. The Balaban J connectivity index is 1.91. The van der Waals surface area contributed by atoms with Gasteiger partial charge < -0.3 is 15.0 Å². The normalized spacial score (nSPS) is 12.6. The summed E-state index contributed by atoms with van der Waals surface area (Å²) in [5.74, 6) is -0.722. The van der Waals surface area contributed by atoms with E-state index in [1.165, 1.54) is 6.07 Å². The Bertz CT molecular complexity index is 558. The standard InChI is InChI=1S/C12H14F2N4O/c1-18-7-16-17-12(18)6-15-5-11(19)9-3-2-8(13)4-10(9)14/h2-4,7,11,15,19H,5-6H2,1H3. The number of nitrogens with one attached hydrogen (secondary N) is 1. The van der Waals surface area contributed by atoms with E-state index < -0.39 is 17.7 Å². The second-order valence-electron chi connectivity index (χ2n) is 4.17. The maximum atomic E-state index is 13.4. The maximum Gasteiger partial charge on any atom is 0.146 e. The van der Waals surface area contributed by atoms with Crippen LogP contribution in [-0.4, -0.2) is 26.4 Å². The molecule has 5 nitrogen and oxygen atoms in total. The fourth-order valence-electron chi connectivity index (χ4n) is 1.67. The van der Waals surface area contributed by atoms with Crippen molar-refractivity contribution in [1.29, 1.82) is 0 Å². The fraction of sp³-hybridized carbons (Fsp3) is 0.333. The first-order valence-corrected chi connectivity index (χ1v) is 5.74. The summed E-state index contributed by atoms with van der Waals surface area (Å²) in [4.78, 5) is 0. The lowest BCUT2D eigenvalue weighted by Gasteiger charge is -2.12. The van der Waals surface area contributed by atoms with Crippen molar-refractivity contribution in [2.75, 3.05) is 6.54 Å². The third kappa shape index (κ3) is 3.33. The van der Waals surface area contributed by atoms with Crippen molar-refractivity contribution in [2.24, 2.45) is 7.05 Å². The molecule has 1 heterocycles. The zero-order chi connectivity index (χ0) is 13.8. The first kappa shape index (κ1) is 13.6. The van der Waals surface area contributed by atoms with Crippen LogP contribution in [0.3, 0.4) is 0 Å². The van der Waals surface area contributed by atoms with Crippen molar-refractivity contribution in [3.8, 4) is 0 Å². The van der Waals surface area contributed by atoms with Gasteiger partial charge in [0.05, 0.1) is 12.6 Å². The molecular weight excluding hydrogens is 254 g/mol. The number of aromatic nitrogens is 3. The Kier molecular flexibility index (Phi) is 4.18. The van der Waals surface area contributed by atoms with Gasteiger partial charge in [-0.2, -0.15) is 0 Å². The first-order valence-electron chi connectivity index (χ1n) is 5.74. The molecule has 2 aromatic rings. The number of aliphatic hydroxyl groups is 1. The van der Waals surface area contributed by atoms with Gasteiger partial charge in [0.2, 0.25) is 0 Å². The quantitative estimate of drug-likeness (QED) is 0.846. The molecule has 0 saturated heterocycles. The van der Waals surface area contributed by atoms with E-state index in [1.807, 2.05) is 0 Å². The SMILES string of the molecule is Cn1cnnc1CNCC(O)c1ccc(F)cc1F. The van der Waals surface area contributed by atoms with Crippen LogP contribution in [0.4, 0.5) is 8.78 Å². The highest BCUT2D eigenvalue weighted by atomic mass is 19.1. The Hall–Kier alpha value is -1.86. The largest absolute Gasteiger partial charge is 0.387 e. The molecule has 1 unspecified atom stereocenters. The topological polar surface area (TPSA) is 63.0 Å². The Morgan fingerprint density at radius 1 is 1.42 bits per heavy atom. The molecule has 7 heteroatoms. The molecule has 0 bridgehead atoms. The van der Waals surface area contributed by atoms with Gasteiger partial charge in [0.1, 0.15) is 23.8 Å². The zero-order valence-corrected chi connectivity index (χ0v) is 10.3. The Morgan fingerprint density at radius 2 is 2.21 bits per heavy atom. The number of hydrogen-bond donors (Lipinski definition) is 2. The van der Waals surface area contributed by atoms with Crippen molar-refractivity contribution < 1.29 is 13.9 Å². The summed E-state index contributed by atoms with van der Waals surface area (Å²) in [7, 11) is 1.80. The highest BCUT2D eigenvalue weighted by Crippen LogP contribution is 2.17. The lowest BCUT2D eigenvalue weighted by Crippen LogP contribution is -2.23. The van der Waals surface area contributed by atoms with Crippen molar-refractivity contribution in [3.05, 3.63) is 47.5 Å². The van der Waals surface area contributed by atoms with Crippen molar-refractivity contribution >= 4 is 0 Å². The third-order valence-corrected chi connectivity index (χ3v) is 2.75. The molecule has 0 spiro atoms. The van der Waals surface area contributed by atoms with Gasteiger partial charge in [-0.1, -0.05) is 6.07 Å². The molecule has 0 aliphatic heterocycles. The second-order valence-corrected chi connectivity index (χ2v) is 4.17. The van der Waals surface area contributed by atoms with Gasteiger partial charge in [-0.05, 0) is 6.07 Å². The van der Waals surface area contributed by atoms with Crippen LogP contribution in [-0.2, 0) is 13.6 Å². The third-order valence-electron chi connectivity index (χ3n) is 2.75. The van der Waals surface area contributed by atoms with Crippen LogP contribution in [0.25, 0.3) is 0 Å². The molecule has 0 amide bonds. The van der Waals surface area contributed by atoms with Crippen LogP contribution in [0.5, 0.6) is 0 Å². The monoisotopic (exact) mass is 268 g/mol. The van der Waals surface area contributed by atoms with Gasteiger partial charge in [0.25, 0.3) is 0 Å². The van der Waals surface area contributed by atoms with Crippen LogP contribution in [0.15, 0.2) is 24.5 Å². The number of halogens is 2. The number of benzene rings is 1. The van der Waals surface area contributed by atoms with Crippen molar-refractivity contribution in [1.82, 2.24) is 20.1 Å². The lowest BCUT2D eigenvalue weighted by atomic mass is 10.1. The summed E-state index contributed by atoms with van der Waals surface area (Å²) < 4.78 is 27.9. The molecule has 102 valence electrons. The average molecular weight is 268 g/mol. The molecule has 19 heavy (non-hydrogen) atoms. The molecule has 2 N–H and O–H groups in total. The maximum absolute atomic E-state index is 13.4. The Labute approximate surface area is 108 Å². The van der Waals surface area contributed by atoms with Crippen LogP contribution >= 0.6 is 0 Å². The molecule has 0 radical (unpaired) electrons. The van der Waals surface area contributed by atoms with E-state index in [4.69, 9.17) is 0 Å². The lowest BCUT2D eigenvalue weighted by molar-refractivity contribution is 0.169. The van der Waals surface area contributed by atoms with Gasteiger partial charge in [-0.15, -0.1) is 10.2 Å². The number of aliphatic hydroxyl groups excluding tert-OH is 1. The Morgan fingerprint density at radius 3 is 2.84 bits per heavy atom. The van der Waals surface area contributed by atoms with Gasteiger partial charge in [0.15, 0.2) is 0 Å². The summed E-state index contributed by atoms with van der Waals surface area (Å²) in [6.07, 6.45) is 0.515. The van der Waals surface area contributed by atoms with Gasteiger partial charge in [0, 0.05) is 25.2 Å². The minimum Gasteiger partial charge on any atom is -0.387 e. The predicted molar refractivity (Wildman–Crippen MR) is 64.0 cm³/mol. The average Bonchev–Trinajstić information content (AvgIpc) is 2.75. The van der Waals surface area contributed by atoms with E-state index in [9.17, 15) is 13.9 Å². The van der Waals surface area contributed by atoms with Gasteiger partial charge in [-0.25, -0.2) is 8.78 Å². The van der Waals surface area contributed by atoms with Crippen molar-refractivity contribution in [3.63, 3.8) is 0 Å². The number of nitrogens with zero attached hydrogens (tertiary/aromatic N) is 3. The van der Waals surface area contributed by atoms with E-state index in [-0.39, 0.29) is 12.1 Å². The predicted octanol–water partition coefficient (Wildman–Crippen LogP) is 0.916. The van der Waals surface area contributed by atoms with E-state index in [0.717, 1.165) is 12.1 Å². The molecule has 0 fully saturated rings. The van der Waals surface area contributed by atoms with Crippen molar-refractivity contribution in [2.45, 2.75) is 12.6 Å². The van der Waals surface area contributed by atoms with Crippen LogP contribution in [0.2, 0.25) is 0 Å². The summed E-state index contributed by atoms with van der Waals surface area (Å²) >= 11 is 0. The molecule has 0 saturated carbocycles. The molecule has 1 aromatic carbocycles. The zero-order valence-electron chi connectivity index (χ0n) is 10.3. The summed E-state index contributed by atoms with van der Waals surface area (Å²) in [5.41, 5.74) is 0.0619. The van der Waals surface area contributed by atoms with E-state index in [1.54, 1.807) is 17.9 Å². The van der Waals surface area contributed by atoms with Crippen LogP contribution in [0, 0.1) is 11.6 Å². The number of hydrogen-bond acceptors (Lipinski definition) is 4. The number of rotatable bonds is 5. The second kappa shape index (κ2) is 5.85. The molecule has 1 aromatic heterocycles. The van der Waals surface area contributed by atoms with E-state index >= 15 is 0 Å². The summed E-state index contributed by atoms with van der Waals surface area (Å²) in [6.45, 7) is 0.534. The summed E-state index contributed by atoms with van der Waals surface area (Å²) in [5, 5.41) is 20.3. The van der Waals surface area contributed by atoms with E-state index in [2.05, 4.69) is 15.5 Å². The minimum absolute atomic E-state index is 0.0619. The van der Waals surface area contributed by atoms with Gasteiger partial charge in [-0.3, -0.25) is 0 Å². The van der Waals surface area contributed by atoms with Crippen LogP contribution in [0.1, 0.15) is 17.5 Å². The smallest absolute Gasteiger partial charge is 0.146 e. The molecule has 1 atom stereocenters. The minimum atomic E-state index is -1.05. The molecule has 0 aliphatic carbocycles. The molecular formula is C12H14F2N4O. The summed E-state index contributed by atoms with van der Waals surface area (Å²) in [6, 6.07) is 3.10. The van der Waals surface area contributed by atoms with Crippen LogP contribution < -0.4 is 5.32 Å². The van der Waals surface area contributed by atoms with E-state index in [0.29, 0.717) is 12.4 Å². The first-order chi connectivity index (χ1) is 9.08. The number of aryl methyl sites for hydroxylation is 1. The molecule has 2 rings (SSSR count). The highest BCUT2D eigenvalue weighted by molar-refractivity contribution is 5.21. The highest BCUT2D eigenvalue weighted by Gasteiger charge is 2.13. The fourth-order valence-corrected chi connectivity index (χ4v) is 1.67. The van der Waals surface area contributed by atoms with Gasteiger partial charge >= 0.3 is 0 Å².